The molecule has 2 fully saturated rings. The van der Waals surface area contributed by atoms with Gasteiger partial charge < -0.3 is 10.0 Å². The van der Waals surface area contributed by atoms with Crippen LogP contribution in [0.4, 0.5) is 5.69 Å². The van der Waals surface area contributed by atoms with Gasteiger partial charge in [-0.15, -0.1) is 0 Å². The number of aliphatic hydroxyl groups is 1. The maximum Gasteiger partial charge on any atom is 0.282 e. The third-order valence-corrected chi connectivity index (χ3v) is 8.91. The molecule has 1 saturated carbocycles. The minimum Gasteiger partial charge on any atom is -0.396 e. The number of rotatable bonds is 3. The zero-order valence-corrected chi connectivity index (χ0v) is 21.3. The molecule has 0 amide bonds. The van der Waals surface area contributed by atoms with E-state index in [0.29, 0.717) is 29.0 Å². The lowest BCUT2D eigenvalue weighted by Gasteiger charge is -2.42. The van der Waals surface area contributed by atoms with Crippen molar-refractivity contribution in [2.24, 2.45) is 5.92 Å². The summed E-state index contributed by atoms with van der Waals surface area (Å²) in [4.78, 5) is 22.5. The number of aromatic nitrogens is 2. The highest BCUT2D eigenvalue weighted by Gasteiger charge is 2.39. The molecule has 0 radical (unpaired) electrons. The van der Waals surface area contributed by atoms with E-state index in [0.717, 1.165) is 56.0 Å². The number of fused-ring (bicyclic) bond motifs is 5. The van der Waals surface area contributed by atoms with Gasteiger partial charge >= 0.3 is 0 Å². The minimum atomic E-state index is -0.365. The Kier molecular flexibility index (Phi) is 5.66. The van der Waals surface area contributed by atoms with Crippen molar-refractivity contribution < 1.29 is 5.11 Å². The zero-order valence-electron chi connectivity index (χ0n) is 20.5. The standard InChI is InChI=1S/C28H33ClN4O2/c1-28(2)21-11-10-20(32-14-12-31(13-15-32)19-8-6-18(17-34)7-9-19)16-24(21)33-23-5-3-4-22(29)25(23)26(35)30-27(28)33/h3-5,10-11,16,18-19,34H,6-9,12-15,17H2,1-2H3. The van der Waals surface area contributed by atoms with E-state index in [4.69, 9.17) is 11.6 Å². The Hall–Kier alpha value is -2.41. The summed E-state index contributed by atoms with van der Waals surface area (Å²) in [5.41, 5.74) is 3.68. The maximum absolute atomic E-state index is 12.9. The van der Waals surface area contributed by atoms with Crippen molar-refractivity contribution in [1.29, 1.82) is 0 Å². The van der Waals surface area contributed by atoms with Crippen LogP contribution in [0.5, 0.6) is 0 Å². The summed E-state index contributed by atoms with van der Waals surface area (Å²) in [5.74, 6) is 1.27. The lowest BCUT2D eigenvalue weighted by Crippen LogP contribution is -2.51. The van der Waals surface area contributed by atoms with Crippen molar-refractivity contribution in [2.75, 3.05) is 37.7 Å². The molecular formula is C28H33ClN4O2. The van der Waals surface area contributed by atoms with Gasteiger partial charge in [0.05, 0.1) is 27.0 Å². The van der Waals surface area contributed by atoms with Crippen LogP contribution in [-0.4, -0.2) is 58.4 Å². The molecule has 2 aromatic carbocycles. The topological polar surface area (TPSA) is 61.6 Å². The van der Waals surface area contributed by atoms with Gasteiger partial charge in [-0.25, -0.2) is 0 Å². The van der Waals surface area contributed by atoms with Crippen LogP contribution in [0.3, 0.4) is 0 Å². The van der Waals surface area contributed by atoms with Gasteiger partial charge in [-0.05, 0) is 75.3 Å². The van der Waals surface area contributed by atoms with Gasteiger partial charge in [0.25, 0.3) is 5.56 Å². The fourth-order valence-electron chi connectivity index (χ4n) is 6.48. The van der Waals surface area contributed by atoms with Crippen LogP contribution >= 0.6 is 11.6 Å². The molecule has 6 rings (SSSR count). The number of piperazine rings is 1. The molecule has 1 aromatic heterocycles. The first-order valence-corrected chi connectivity index (χ1v) is 13.2. The highest BCUT2D eigenvalue weighted by Crippen LogP contribution is 2.44. The molecule has 2 aliphatic heterocycles. The van der Waals surface area contributed by atoms with Crippen LogP contribution in [0.2, 0.25) is 5.02 Å². The van der Waals surface area contributed by atoms with Gasteiger partial charge in [0.1, 0.15) is 5.82 Å². The third kappa shape index (κ3) is 3.69. The van der Waals surface area contributed by atoms with Crippen LogP contribution in [0.25, 0.3) is 16.6 Å². The molecular weight excluding hydrogens is 460 g/mol. The summed E-state index contributed by atoms with van der Waals surface area (Å²) < 4.78 is 2.14. The Morgan fingerprint density at radius 2 is 1.80 bits per heavy atom. The molecule has 35 heavy (non-hydrogen) atoms. The smallest absolute Gasteiger partial charge is 0.282 e. The zero-order chi connectivity index (χ0) is 24.3. The van der Waals surface area contributed by atoms with Crippen LogP contribution < -0.4 is 10.5 Å². The first-order chi connectivity index (χ1) is 16.9. The minimum absolute atomic E-state index is 0.262. The quantitative estimate of drug-likeness (QED) is 0.589. The molecule has 1 saturated heterocycles. The molecule has 3 aromatic rings. The number of benzene rings is 2. The lowest BCUT2D eigenvalue weighted by atomic mass is 9.85. The van der Waals surface area contributed by atoms with Gasteiger partial charge in [-0.1, -0.05) is 23.7 Å². The van der Waals surface area contributed by atoms with Crippen molar-refractivity contribution in [2.45, 2.75) is 51.0 Å². The summed E-state index contributed by atoms with van der Waals surface area (Å²) in [7, 11) is 0. The summed E-state index contributed by atoms with van der Waals surface area (Å²) in [6.45, 7) is 8.76. The molecule has 0 atom stereocenters. The predicted molar refractivity (Wildman–Crippen MR) is 141 cm³/mol. The number of hydrogen-bond acceptors (Lipinski definition) is 5. The molecule has 0 bridgehead atoms. The Balaban J connectivity index is 1.30. The van der Waals surface area contributed by atoms with Gasteiger partial charge in [0.15, 0.2) is 0 Å². The molecule has 184 valence electrons. The van der Waals surface area contributed by atoms with E-state index in [1.807, 2.05) is 12.1 Å². The number of hydrogen-bond donors (Lipinski definition) is 1. The number of halogens is 1. The molecule has 6 nitrogen and oxygen atoms in total. The molecule has 3 heterocycles. The lowest BCUT2D eigenvalue weighted by molar-refractivity contribution is 0.106. The van der Waals surface area contributed by atoms with E-state index >= 15 is 0 Å². The van der Waals surface area contributed by atoms with E-state index in [-0.39, 0.29) is 11.0 Å². The Labute approximate surface area is 211 Å². The Morgan fingerprint density at radius 1 is 1.06 bits per heavy atom. The summed E-state index contributed by atoms with van der Waals surface area (Å²) in [6, 6.07) is 13.0. The van der Waals surface area contributed by atoms with Crippen LogP contribution in [-0.2, 0) is 5.41 Å². The van der Waals surface area contributed by atoms with E-state index in [9.17, 15) is 9.90 Å². The van der Waals surface area contributed by atoms with E-state index in [1.54, 1.807) is 6.07 Å². The molecule has 0 unspecified atom stereocenters. The number of nitrogens with zero attached hydrogens (tertiary/aromatic N) is 4. The van der Waals surface area contributed by atoms with Crippen LogP contribution in [0.15, 0.2) is 41.2 Å². The first kappa shape index (κ1) is 23.0. The third-order valence-electron chi connectivity index (χ3n) is 8.59. The second-order valence-electron chi connectivity index (χ2n) is 10.9. The second kappa shape index (κ2) is 8.61. The van der Waals surface area contributed by atoms with Gasteiger partial charge in [-0.2, -0.15) is 4.98 Å². The normalized spacial score (nSPS) is 23.9. The van der Waals surface area contributed by atoms with Crippen molar-refractivity contribution in [1.82, 2.24) is 14.5 Å². The van der Waals surface area contributed by atoms with Gasteiger partial charge in [0.2, 0.25) is 0 Å². The molecule has 7 heteroatoms. The molecule has 1 aliphatic carbocycles. The van der Waals surface area contributed by atoms with E-state index < -0.39 is 0 Å². The summed E-state index contributed by atoms with van der Waals surface area (Å²) >= 11 is 6.43. The van der Waals surface area contributed by atoms with E-state index in [2.05, 4.69) is 51.4 Å². The first-order valence-electron chi connectivity index (χ1n) is 12.8. The average molecular weight is 493 g/mol. The summed E-state index contributed by atoms with van der Waals surface area (Å²) in [5, 5.41) is 10.4. The summed E-state index contributed by atoms with van der Waals surface area (Å²) in [6.07, 6.45) is 4.71. The fourth-order valence-corrected chi connectivity index (χ4v) is 6.73. The van der Waals surface area contributed by atoms with Crippen molar-refractivity contribution in [3.8, 4) is 5.69 Å². The maximum atomic E-state index is 12.9. The highest BCUT2D eigenvalue weighted by molar-refractivity contribution is 6.35. The fraction of sp³-hybridized carbons (Fsp3) is 0.500. The van der Waals surface area contributed by atoms with Crippen LogP contribution in [0, 0.1) is 5.92 Å². The second-order valence-corrected chi connectivity index (χ2v) is 11.3. The van der Waals surface area contributed by atoms with Crippen LogP contribution in [0.1, 0.15) is 50.9 Å². The molecule has 1 N–H and O–H groups in total. The highest BCUT2D eigenvalue weighted by atomic mass is 35.5. The monoisotopic (exact) mass is 492 g/mol. The molecule has 3 aliphatic rings. The Bertz CT molecular complexity index is 1330. The van der Waals surface area contributed by atoms with Crippen molar-refractivity contribution in [3.05, 3.63) is 63.2 Å². The predicted octanol–water partition coefficient (Wildman–Crippen LogP) is 4.35. The Morgan fingerprint density at radius 3 is 2.51 bits per heavy atom. The van der Waals surface area contributed by atoms with E-state index in [1.165, 1.54) is 24.1 Å². The van der Waals surface area contributed by atoms with Crippen molar-refractivity contribution in [3.63, 3.8) is 0 Å². The largest absolute Gasteiger partial charge is 0.396 e. The van der Waals surface area contributed by atoms with Gasteiger partial charge in [-0.3, -0.25) is 14.3 Å². The van der Waals surface area contributed by atoms with Crippen molar-refractivity contribution >= 4 is 28.2 Å². The SMILES string of the molecule is CC1(C)c2ccc(N3CCN(C4CCC(CO)CC4)CC3)cc2-n2c1nc(=O)c1c(Cl)cccc12. The molecule has 0 spiro atoms. The number of aliphatic hydroxyl groups excluding tert-OH is 1. The number of anilines is 1. The van der Waals surface area contributed by atoms with Gasteiger partial charge in [0, 0.05) is 44.5 Å². The average Bonchev–Trinajstić information content (AvgIpc) is 3.10.